The first-order valence-corrected chi connectivity index (χ1v) is 15.1. The summed E-state index contributed by atoms with van der Waals surface area (Å²) in [5.41, 5.74) is 6.27. The molecule has 0 unspecified atom stereocenters. The summed E-state index contributed by atoms with van der Waals surface area (Å²) >= 11 is 6.62. The van der Waals surface area contributed by atoms with Crippen LogP contribution in [0.2, 0.25) is 5.02 Å². The number of aliphatic hydroxyl groups is 1. The number of nitrogens with zero attached hydrogens (tertiary/aromatic N) is 3. The number of benzene rings is 2. The van der Waals surface area contributed by atoms with Crippen molar-refractivity contribution in [1.82, 2.24) is 4.98 Å². The second kappa shape index (κ2) is 10.1. The molecule has 1 aromatic heterocycles. The quantitative estimate of drug-likeness (QED) is 0.501. The topological polar surface area (TPSA) is 103 Å². The minimum absolute atomic E-state index is 0.254. The van der Waals surface area contributed by atoms with E-state index in [-0.39, 0.29) is 24.9 Å². The molecule has 10 heteroatoms. The minimum Gasteiger partial charge on any atom is -0.472 e. The van der Waals surface area contributed by atoms with Crippen LogP contribution in [0.15, 0.2) is 64.0 Å². The number of aliphatic hydroxyl groups excluding tert-OH is 1. The van der Waals surface area contributed by atoms with Gasteiger partial charge in [-0.2, -0.15) is 0 Å². The molecule has 6 rings (SSSR count). The van der Waals surface area contributed by atoms with E-state index in [1.54, 1.807) is 12.5 Å². The Labute approximate surface area is 226 Å². The SMILES string of the molecule is CS(C)(=O)=NCc1ccc(-c2ccc(-c3nc4c(cc3Cl)N=C(O[C@@H]3CO[C@H]5[C@@H]3OC[C@H]5O)C4)cc2)cc1. The van der Waals surface area contributed by atoms with E-state index in [0.29, 0.717) is 41.9 Å². The van der Waals surface area contributed by atoms with Crippen LogP contribution in [0.25, 0.3) is 22.4 Å². The first kappa shape index (κ1) is 25.5. The fraction of sp³-hybridized carbons (Fsp3) is 0.357. The highest BCUT2D eigenvalue weighted by Crippen LogP contribution is 2.37. The van der Waals surface area contributed by atoms with Crippen molar-refractivity contribution in [3.63, 3.8) is 0 Å². The zero-order valence-corrected chi connectivity index (χ0v) is 22.6. The Kier molecular flexibility index (Phi) is 6.74. The number of fused-ring (bicyclic) bond motifs is 2. The highest BCUT2D eigenvalue weighted by Gasteiger charge is 2.49. The average Bonchev–Trinajstić information content (AvgIpc) is 3.59. The Morgan fingerprint density at radius 1 is 1.03 bits per heavy atom. The van der Waals surface area contributed by atoms with Gasteiger partial charge in [0.2, 0.25) is 0 Å². The predicted molar refractivity (Wildman–Crippen MR) is 147 cm³/mol. The van der Waals surface area contributed by atoms with Crippen LogP contribution in [0.3, 0.4) is 0 Å². The molecule has 0 bridgehead atoms. The van der Waals surface area contributed by atoms with Gasteiger partial charge in [-0.15, -0.1) is 0 Å². The predicted octanol–water partition coefficient (Wildman–Crippen LogP) is 4.43. The van der Waals surface area contributed by atoms with E-state index in [1.807, 2.05) is 54.6 Å². The van der Waals surface area contributed by atoms with Gasteiger partial charge < -0.3 is 19.3 Å². The van der Waals surface area contributed by atoms with E-state index in [9.17, 15) is 9.32 Å². The summed E-state index contributed by atoms with van der Waals surface area (Å²) in [6, 6.07) is 18.0. The number of rotatable bonds is 5. The van der Waals surface area contributed by atoms with Gasteiger partial charge in [0.15, 0.2) is 12.0 Å². The Balaban J connectivity index is 1.14. The molecule has 2 fully saturated rings. The summed E-state index contributed by atoms with van der Waals surface area (Å²) in [5, 5.41) is 10.5. The lowest BCUT2D eigenvalue weighted by atomic mass is 10.0. The Bertz CT molecular complexity index is 1510. The molecule has 0 radical (unpaired) electrons. The van der Waals surface area contributed by atoms with Crippen molar-refractivity contribution in [2.24, 2.45) is 9.36 Å². The Morgan fingerprint density at radius 3 is 2.39 bits per heavy atom. The van der Waals surface area contributed by atoms with Gasteiger partial charge in [-0.05, 0) is 22.8 Å². The minimum atomic E-state index is -2.11. The highest BCUT2D eigenvalue weighted by molar-refractivity contribution is 7.92. The molecule has 0 spiro atoms. The van der Waals surface area contributed by atoms with Crippen molar-refractivity contribution in [3.05, 3.63) is 70.9 Å². The maximum Gasteiger partial charge on any atom is 0.195 e. The summed E-state index contributed by atoms with van der Waals surface area (Å²) in [5.74, 6) is 0.548. The molecular formula is C28H28ClN3O5S. The molecule has 1 N–H and O–H groups in total. The van der Waals surface area contributed by atoms with E-state index < -0.39 is 15.8 Å². The van der Waals surface area contributed by atoms with Gasteiger partial charge in [-0.3, -0.25) is 4.21 Å². The van der Waals surface area contributed by atoms with E-state index in [4.69, 9.17) is 30.8 Å². The Morgan fingerprint density at radius 2 is 1.68 bits per heavy atom. The summed E-state index contributed by atoms with van der Waals surface area (Å²) in [6.45, 7) is 1.05. The number of pyridine rings is 1. The number of halogens is 1. The van der Waals surface area contributed by atoms with Crippen molar-refractivity contribution in [3.8, 4) is 22.4 Å². The van der Waals surface area contributed by atoms with Gasteiger partial charge in [0.1, 0.15) is 18.3 Å². The second-order valence-corrected chi connectivity index (χ2v) is 13.1. The van der Waals surface area contributed by atoms with Crippen molar-refractivity contribution >= 4 is 32.9 Å². The number of hydrogen-bond acceptors (Lipinski definition) is 8. The average molecular weight is 554 g/mol. The largest absolute Gasteiger partial charge is 0.472 e. The van der Waals surface area contributed by atoms with Crippen LogP contribution in [-0.4, -0.2) is 70.3 Å². The van der Waals surface area contributed by atoms with Crippen LogP contribution in [0.1, 0.15) is 11.3 Å². The molecule has 4 heterocycles. The van der Waals surface area contributed by atoms with Crippen molar-refractivity contribution in [2.75, 3.05) is 25.7 Å². The number of hydrogen-bond donors (Lipinski definition) is 1. The monoisotopic (exact) mass is 553 g/mol. The summed E-state index contributed by atoms with van der Waals surface area (Å²) in [4.78, 5) is 9.40. The van der Waals surface area contributed by atoms with Crippen LogP contribution in [0.4, 0.5) is 5.69 Å². The second-order valence-electron chi connectivity index (χ2n) is 10.0. The molecule has 0 aliphatic carbocycles. The lowest BCUT2D eigenvalue weighted by molar-refractivity contribution is 0.00558. The van der Waals surface area contributed by atoms with Gasteiger partial charge in [-0.25, -0.2) is 14.3 Å². The standard InChI is InChI=1S/C28H28ClN3O5S/c1-38(2,34)30-13-16-3-5-17(6-4-16)18-7-9-19(10-8-18)26-20(29)11-21-22(32-26)12-25(31-21)37-24-15-36-27-23(33)14-35-28(24)27/h3-11,23-24,27-28,33H,12-15H2,1-2H3/t23-,24-,27-,28-/m1/s1. The van der Waals surface area contributed by atoms with E-state index in [1.165, 1.54) is 0 Å². The molecule has 3 aliphatic heterocycles. The molecule has 2 aromatic carbocycles. The van der Waals surface area contributed by atoms with Crippen LogP contribution < -0.4 is 0 Å². The fourth-order valence-corrected chi connectivity index (χ4v) is 5.62. The maximum atomic E-state index is 11.8. The van der Waals surface area contributed by atoms with E-state index >= 15 is 0 Å². The van der Waals surface area contributed by atoms with Crippen molar-refractivity contribution in [2.45, 2.75) is 37.4 Å². The van der Waals surface area contributed by atoms with E-state index in [0.717, 1.165) is 27.9 Å². The first-order chi connectivity index (χ1) is 18.2. The van der Waals surface area contributed by atoms with Crippen LogP contribution in [0.5, 0.6) is 0 Å². The number of aliphatic imine (C=N–C) groups is 1. The third kappa shape index (κ3) is 5.21. The van der Waals surface area contributed by atoms with Crippen molar-refractivity contribution < 1.29 is 23.5 Å². The molecule has 3 aromatic rings. The zero-order chi connectivity index (χ0) is 26.4. The first-order valence-electron chi connectivity index (χ1n) is 12.4. The van der Waals surface area contributed by atoms with Crippen LogP contribution >= 0.6 is 11.6 Å². The van der Waals surface area contributed by atoms with Gasteiger partial charge in [-0.1, -0.05) is 60.1 Å². The van der Waals surface area contributed by atoms with Crippen molar-refractivity contribution in [1.29, 1.82) is 0 Å². The molecule has 8 nitrogen and oxygen atoms in total. The zero-order valence-electron chi connectivity index (χ0n) is 21.0. The smallest absolute Gasteiger partial charge is 0.195 e. The Hall–Kier alpha value is -2.82. The third-order valence-electron chi connectivity index (χ3n) is 6.87. The molecule has 2 saturated heterocycles. The normalized spacial score (nSPS) is 24.2. The summed E-state index contributed by atoms with van der Waals surface area (Å²) in [7, 11) is -2.11. The van der Waals surface area contributed by atoms with Gasteiger partial charge >= 0.3 is 0 Å². The molecule has 38 heavy (non-hydrogen) atoms. The molecule has 4 atom stereocenters. The molecular weight excluding hydrogens is 526 g/mol. The van der Waals surface area contributed by atoms with Crippen LogP contribution in [-0.2, 0) is 36.9 Å². The van der Waals surface area contributed by atoms with Gasteiger partial charge in [0, 0.05) is 27.8 Å². The van der Waals surface area contributed by atoms with Gasteiger partial charge in [0.25, 0.3) is 0 Å². The molecule has 0 saturated carbocycles. The van der Waals surface area contributed by atoms with Gasteiger partial charge in [0.05, 0.1) is 48.3 Å². The summed E-state index contributed by atoms with van der Waals surface area (Å²) in [6.07, 6.45) is 2.17. The third-order valence-corrected chi connectivity index (χ3v) is 7.91. The maximum absolute atomic E-state index is 11.8. The number of ether oxygens (including phenoxy) is 3. The van der Waals surface area contributed by atoms with Crippen LogP contribution in [0, 0.1) is 0 Å². The molecule has 3 aliphatic rings. The number of aromatic nitrogens is 1. The highest BCUT2D eigenvalue weighted by atomic mass is 35.5. The lowest BCUT2D eigenvalue weighted by Crippen LogP contribution is -2.34. The fourth-order valence-electron chi connectivity index (χ4n) is 4.90. The lowest BCUT2D eigenvalue weighted by Gasteiger charge is -2.17. The van der Waals surface area contributed by atoms with E-state index in [2.05, 4.69) is 9.36 Å². The molecule has 198 valence electrons. The summed E-state index contributed by atoms with van der Waals surface area (Å²) < 4.78 is 33.4. The molecule has 0 amide bonds.